The molecule has 1 heterocycles. The number of amidine groups is 1. The second-order valence-corrected chi connectivity index (χ2v) is 6.10. The summed E-state index contributed by atoms with van der Waals surface area (Å²) in [4.78, 5) is 3.80. The van der Waals surface area contributed by atoms with E-state index in [-0.39, 0.29) is 17.4 Å². The fourth-order valence-electron chi connectivity index (χ4n) is 1.68. The lowest BCUT2D eigenvalue weighted by atomic mass is 10.1. The number of hydrogen-bond donors (Lipinski definition) is 3. The van der Waals surface area contributed by atoms with Crippen LogP contribution in [0.1, 0.15) is 11.1 Å². The molecule has 1 aromatic heterocycles. The third-order valence-electron chi connectivity index (χ3n) is 2.75. The summed E-state index contributed by atoms with van der Waals surface area (Å²) in [5.74, 6) is -0.0376. The van der Waals surface area contributed by atoms with Gasteiger partial charge in [0, 0.05) is 25.4 Å². The third-order valence-corrected chi connectivity index (χ3v) is 4.04. The van der Waals surface area contributed by atoms with E-state index < -0.39 is 10.0 Å². The Bertz CT molecular complexity index is 767. The summed E-state index contributed by atoms with van der Waals surface area (Å²) in [5, 5.41) is 11.5. The lowest BCUT2D eigenvalue weighted by Crippen LogP contribution is -2.24. The van der Waals surface area contributed by atoms with Gasteiger partial charge in [-0.2, -0.15) is 0 Å². The van der Waals surface area contributed by atoms with Gasteiger partial charge in [0.25, 0.3) is 10.0 Å². The molecule has 0 saturated heterocycles. The molecule has 0 atom stereocenters. The zero-order chi connectivity index (χ0) is 15.5. The first kappa shape index (κ1) is 15.0. The van der Waals surface area contributed by atoms with Gasteiger partial charge in [-0.3, -0.25) is 0 Å². The molecule has 112 valence electrons. The maximum absolute atomic E-state index is 12.0. The molecule has 2 rings (SSSR count). The van der Waals surface area contributed by atoms with Crippen molar-refractivity contribution >= 4 is 15.9 Å². The van der Waals surface area contributed by atoms with Crippen LogP contribution in [0.15, 0.2) is 47.0 Å². The smallest absolute Gasteiger partial charge is 0.259 e. The summed E-state index contributed by atoms with van der Waals surface area (Å²) in [5.41, 5.74) is 6.67. The van der Waals surface area contributed by atoms with E-state index in [1.807, 2.05) is 0 Å². The number of hydrogen-bond acceptors (Lipinski definition) is 5. The minimum atomic E-state index is -3.67. The predicted molar refractivity (Wildman–Crippen MR) is 76.2 cm³/mol. The highest BCUT2D eigenvalue weighted by Gasteiger charge is 2.16. The summed E-state index contributed by atoms with van der Waals surface area (Å²) in [6, 6.07) is 6.72. The van der Waals surface area contributed by atoms with E-state index in [1.54, 1.807) is 35.9 Å². The van der Waals surface area contributed by atoms with Crippen LogP contribution in [0.3, 0.4) is 0 Å². The molecular formula is C12H15N5O3S. The van der Waals surface area contributed by atoms with Crippen LogP contribution in [0.5, 0.6) is 0 Å². The minimum Gasteiger partial charge on any atom is -0.409 e. The van der Waals surface area contributed by atoms with E-state index in [0.717, 1.165) is 0 Å². The highest BCUT2D eigenvalue weighted by atomic mass is 32.2. The van der Waals surface area contributed by atoms with Crippen LogP contribution < -0.4 is 10.5 Å². The molecule has 4 N–H and O–H groups in total. The van der Waals surface area contributed by atoms with E-state index in [1.165, 1.54) is 12.5 Å². The molecule has 1 aromatic carbocycles. The second-order valence-electron chi connectivity index (χ2n) is 4.39. The van der Waals surface area contributed by atoms with Gasteiger partial charge < -0.3 is 15.5 Å². The Morgan fingerprint density at radius 1 is 1.52 bits per heavy atom. The van der Waals surface area contributed by atoms with Crippen LogP contribution >= 0.6 is 0 Å². The monoisotopic (exact) mass is 309 g/mol. The SMILES string of the molecule is Cn1cnc(S(=O)(=O)NCc2cccc(C(N)=NO)c2)c1. The number of nitrogens with zero attached hydrogens (tertiary/aromatic N) is 3. The van der Waals surface area contributed by atoms with Crippen molar-refractivity contribution in [3.05, 3.63) is 47.9 Å². The van der Waals surface area contributed by atoms with Crippen molar-refractivity contribution in [2.75, 3.05) is 0 Å². The number of imidazole rings is 1. The molecule has 0 amide bonds. The van der Waals surface area contributed by atoms with E-state index in [9.17, 15) is 8.42 Å². The van der Waals surface area contributed by atoms with Crippen LogP contribution in [0.25, 0.3) is 0 Å². The molecular weight excluding hydrogens is 294 g/mol. The van der Waals surface area contributed by atoms with Gasteiger partial charge >= 0.3 is 0 Å². The molecule has 0 aliphatic heterocycles. The number of nitrogens with two attached hydrogens (primary N) is 1. The predicted octanol–water partition coefficient (Wildman–Crippen LogP) is -0.00690. The molecule has 8 nitrogen and oxygen atoms in total. The van der Waals surface area contributed by atoms with Crippen LogP contribution in [0.4, 0.5) is 0 Å². The Labute approximate surface area is 122 Å². The van der Waals surface area contributed by atoms with Gasteiger partial charge in [-0.15, -0.1) is 0 Å². The fraction of sp³-hybridized carbons (Fsp3) is 0.167. The Morgan fingerprint density at radius 3 is 2.90 bits per heavy atom. The highest BCUT2D eigenvalue weighted by Crippen LogP contribution is 2.08. The van der Waals surface area contributed by atoms with Crippen molar-refractivity contribution in [1.82, 2.24) is 14.3 Å². The summed E-state index contributed by atoms with van der Waals surface area (Å²) < 4.78 is 28.0. The van der Waals surface area contributed by atoms with Gasteiger partial charge in [0.2, 0.25) is 0 Å². The largest absolute Gasteiger partial charge is 0.409 e. The lowest BCUT2D eigenvalue weighted by molar-refractivity contribution is 0.318. The normalized spacial score (nSPS) is 12.5. The topological polar surface area (TPSA) is 123 Å². The molecule has 0 radical (unpaired) electrons. The number of aromatic nitrogens is 2. The first-order valence-electron chi connectivity index (χ1n) is 5.97. The van der Waals surface area contributed by atoms with Crippen molar-refractivity contribution in [3.8, 4) is 0 Å². The third kappa shape index (κ3) is 3.58. The molecule has 2 aromatic rings. The van der Waals surface area contributed by atoms with Crippen molar-refractivity contribution < 1.29 is 13.6 Å². The Kier molecular flexibility index (Phi) is 4.24. The molecule has 0 spiro atoms. The van der Waals surface area contributed by atoms with E-state index in [0.29, 0.717) is 11.1 Å². The number of nitrogens with one attached hydrogen (secondary N) is 1. The Hall–Kier alpha value is -2.39. The fourth-order valence-corrected chi connectivity index (χ4v) is 2.67. The molecule has 0 saturated carbocycles. The minimum absolute atomic E-state index is 0.0376. The van der Waals surface area contributed by atoms with Gasteiger partial charge in [0.15, 0.2) is 10.9 Å². The Morgan fingerprint density at radius 2 is 2.29 bits per heavy atom. The van der Waals surface area contributed by atoms with Crippen LogP contribution in [-0.4, -0.2) is 29.0 Å². The Balaban J connectivity index is 2.13. The van der Waals surface area contributed by atoms with E-state index in [4.69, 9.17) is 10.9 Å². The van der Waals surface area contributed by atoms with E-state index in [2.05, 4.69) is 14.9 Å². The van der Waals surface area contributed by atoms with Gasteiger partial charge in [-0.05, 0) is 11.6 Å². The van der Waals surface area contributed by atoms with Gasteiger partial charge in [0.05, 0.1) is 6.33 Å². The van der Waals surface area contributed by atoms with E-state index >= 15 is 0 Å². The van der Waals surface area contributed by atoms with Crippen LogP contribution in [-0.2, 0) is 23.6 Å². The van der Waals surface area contributed by atoms with Crippen LogP contribution in [0.2, 0.25) is 0 Å². The summed E-state index contributed by atoms with van der Waals surface area (Å²) in [6.45, 7) is 0.0749. The van der Waals surface area contributed by atoms with Gasteiger partial charge in [-0.25, -0.2) is 18.1 Å². The number of benzene rings is 1. The molecule has 0 aliphatic rings. The van der Waals surface area contributed by atoms with Crippen LogP contribution in [0, 0.1) is 0 Å². The average molecular weight is 309 g/mol. The summed E-state index contributed by atoms with van der Waals surface area (Å²) in [7, 11) is -1.98. The quantitative estimate of drug-likeness (QED) is 0.310. The molecule has 0 fully saturated rings. The maximum atomic E-state index is 12.0. The number of oxime groups is 1. The lowest BCUT2D eigenvalue weighted by Gasteiger charge is -2.06. The maximum Gasteiger partial charge on any atom is 0.259 e. The zero-order valence-electron chi connectivity index (χ0n) is 11.3. The molecule has 9 heteroatoms. The van der Waals surface area contributed by atoms with Crippen molar-refractivity contribution in [1.29, 1.82) is 0 Å². The van der Waals surface area contributed by atoms with Gasteiger partial charge in [0.1, 0.15) is 0 Å². The standard InChI is InChI=1S/C12H15N5O3S/c1-17-7-11(14-8-17)21(19,20)15-6-9-3-2-4-10(5-9)12(13)16-18/h2-5,7-8,15,18H,6H2,1H3,(H2,13,16). The summed E-state index contributed by atoms with van der Waals surface area (Å²) >= 11 is 0. The number of rotatable bonds is 5. The number of sulfonamides is 1. The molecule has 0 unspecified atom stereocenters. The van der Waals surface area contributed by atoms with Crippen molar-refractivity contribution in [2.45, 2.75) is 11.6 Å². The average Bonchev–Trinajstić information content (AvgIpc) is 2.92. The molecule has 0 aliphatic carbocycles. The molecule has 21 heavy (non-hydrogen) atoms. The van der Waals surface area contributed by atoms with Crippen molar-refractivity contribution in [3.63, 3.8) is 0 Å². The summed E-state index contributed by atoms with van der Waals surface area (Å²) in [6.07, 6.45) is 2.82. The highest BCUT2D eigenvalue weighted by molar-refractivity contribution is 7.89. The second kappa shape index (κ2) is 5.94. The van der Waals surface area contributed by atoms with Crippen molar-refractivity contribution in [2.24, 2.45) is 17.9 Å². The first-order chi connectivity index (χ1) is 9.92. The number of aryl methyl sites for hydroxylation is 1. The van der Waals surface area contributed by atoms with Gasteiger partial charge in [-0.1, -0.05) is 23.4 Å². The zero-order valence-corrected chi connectivity index (χ0v) is 12.1. The first-order valence-corrected chi connectivity index (χ1v) is 7.45. The molecule has 0 bridgehead atoms.